The van der Waals surface area contributed by atoms with E-state index in [1.807, 2.05) is 54.6 Å². The highest BCUT2D eigenvalue weighted by Crippen LogP contribution is 2.27. The van der Waals surface area contributed by atoms with Crippen molar-refractivity contribution in [2.75, 3.05) is 0 Å². The molecule has 3 aromatic rings. The van der Waals surface area contributed by atoms with Crippen molar-refractivity contribution in [1.29, 1.82) is 0 Å². The molecule has 2 heteroatoms. The quantitative estimate of drug-likeness (QED) is 0.479. The summed E-state index contributed by atoms with van der Waals surface area (Å²) in [6, 6.07) is 26.4. The van der Waals surface area contributed by atoms with Crippen LogP contribution in [0.1, 0.15) is 30.0 Å². The molecular weight excluding hydrogens is 320 g/mol. The average molecular weight is 344 g/mol. The van der Waals surface area contributed by atoms with Crippen LogP contribution in [0.3, 0.4) is 0 Å². The number of ether oxygens (including phenoxy) is 2. The second-order valence-electron chi connectivity index (χ2n) is 6.06. The summed E-state index contributed by atoms with van der Waals surface area (Å²) in [4.78, 5) is 0. The third-order valence-corrected chi connectivity index (χ3v) is 4.00. The number of hydrogen-bond donors (Lipinski definition) is 0. The zero-order valence-corrected chi connectivity index (χ0v) is 15.1. The highest BCUT2D eigenvalue weighted by Gasteiger charge is 2.05. The van der Waals surface area contributed by atoms with Crippen LogP contribution in [0.25, 0.3) is 6.08 Å². The van der Waals surface area contributed by atoms with Crippen molar-refractivity contribution in [2.24, 2.45) is 0 Å². The minimum atomic E-state index is 0.538. The minimum absolute atomic E-state index is 0.538. The second-order valence-corrected chi connectivity index (χ2v) is 6.06. The normalized spacial score (nSPS) is 10.8. The highest BCUT2D eigenvalue weighted by atomic mass is 16.5. The highest BCUT2D eigenvalue weighted by molar-refractivity contribution is 5.59. The standard InChI is InChI=1S/C24H24O2/c1-2-3-14-22-15-16-23(25-18-20-10-6-4-7-11-20)17-24(22)26-19-21-12-8-5-9-13-21/h3-17H,2,18-19H2,1H3. The summed E-state index contributed by atoms with van der Waals surface area (Å²) in [6.07, 6.45) is 5.22. The van der Waals surface area contributed by atoms with Crippen LogP contribution in [0.2, 0.25) is 0 Å². The van der Waals surface area contributed by atoms with E-state index in [2.05, 4.69) is 43.3 Å². The molecule has 26 heavy (non-hydrogen) atoms. The van der Waals surface area contributed by atoms with Gasteiger partial charge in [-0.25, -0.2) is 0 Å². The summed E-state index contributed by atoms with van der Waals surface area (Å²) < 4.78 is 12.0. The van der Waals surface area contributed by atoms with Crippen molar-refractivity contribution in [3.05, 3.63) is 102 Å². The Morgan fingerprint density at radius 3 is 1.96 bits per heavy atom. The van der Waals surface area contributed by atoms with Crippen LogP contribution < -0.4 is 9.47 Å². The van der Waals surface area contributed by atoms with Crippen molar-refractivity contribution in [3.8, 4) is 11.5 Å². The first-order valence-corrected chi connectivity index (χ1v) is 8.99. The Labute approximate surface area is 155 Å². The summed E-state index contributed by atoms with van der Waals surface area (Å²) in [5.74, 6) is 1.65. The minimum Gasteiger partial charge on any atom is -0.489 e. The molecule has 0 radical (unpaired) electrons. The summed E-state index contributed by atoms with van der Waals surface area (Å²) in [5.41, 5.74) is 3.36. The molecule has 0 aliphatic carbocycles. The molecule has 0 aliphatic rings. The third kappa shape index (κ3) is 5.25. The molecule has 0 saturated heterocycles. The Morgan fingerprint density at radius 2 is 1.35 bits per heavy atom. The zero-order valence-electron chi connectivity index (χ0n) is 15.1. The molecular formula is C24H24O2. The zero-order chi connectivity index (χ0) is 18.0. The van der Waals surface area contributed by atoms with Gasteiger partial charge in [0.25, 0.3) is 0 Å². The van der Waals surface area contributed by atoms with Crippen LogP contribution in [0.5, 0.6) is 11.5 Å². The first-order chi connectivity index (χ1) is 12.8. The van der Waals surface area contributed by atoms with E-state index in [1.54, 1.807) is 0 Å². The Kier molecular flexibility index (Phi) is 6.49. The lowest BCUT2D eigenvalue weighted by Crippen LogP contribution is -1.99. The molecule has 132 valence electrons. The molecule has 0 saturated carbocycles. The van der Waals surface area contributed by atoms with Crippen LogP contribution in [0.15, 0.2) is 84.9 Å². The predicted octanol–water partition coefficient (Wildman–Crippen LogP) is 6.27. The Balaban J connectivity index is 1.73. The molecule has 0 N–H and O–H groups in total. The van der Waals surface area contributed by atoms with Crippen molar-refractivity contribution >= 4 is 6.08 Å². The molecule has 2 nitrogen and oxygen atoms in total. The third-order valence-electron chi connectivity index (χ3n) is 4.00. The second kappa shape index (κ2) is 9.47. The lowest BCUT2D eigenvalue weighted by Gasteiger charge is -2.13. The van der Waals surface area contributed by atoms with E-state index in [-0.39, 0.29) is 0 Å². The molecule has 0 aliphatic heterocycles. The van der Waals surface area contributed by atoms with Crippen LogP contribution in [0, 0.1) is 0 Å². The van der Waals surface area contributed by atoms with Crippen molar-refractivity contribution in [2.45, 2.75) is 26.6 Å². The molecule has 0 unspecified atom stereocenters. The van der Waals surface area contributed by atoms with E-state index < -0.39 is 0 Å². The molecule has 0 spiro atoms. The Morgan fingerprint density at radius 1 is 0.731 bits per heavy atom. The van der Waals surface area contributed by atoms with Gasteiger partial charge in [0, 0.05) is 11.6 Å². The summed E-state index contributed by atoms with van der Waals surface area (Å²) in [5, 5.41) is 0. The number of benzene rings is 3. The predicted molar refractivity (Wildman–Crippen MR) is 107 cm³/mol. The van der Waals surface area contributed by atoms with Crippen molar-refractivity contribution in [1.82, 2.24) is 0 Å². The Hall–Kier alpha value is -3.00. The number of hydrogen-bond acceptors (Lipinski definition) is 2. The number of rotatable bonds is 8. The van der Waals surface area contributed by atoms with Gasteiger partial charge in [0.15, 0.2) is 0 Å². The molecule has 0 amide bonds. The topological polar surface area (TPSA) is 18.5 Å². The lowest BCUT2D eigenvalue weighted by atomic mass is 10.1. The smallest absolute Gasteiger partial charge is 0.130 e. The van der Waals surface area contributed by atoms with Gasteiger partial charge in [-0.1, -0.05) is 79.7 Å². The van der Waals surface area contributed by atoms with E-state index >= 15 is 0 Å². The first kappa shape index (κ1) is 17.8. The van der Waals surface area contributed by atoms with Gasteiger partial charge in [0.2, 0.25) is 0 Å². The molecule has 0 atom stereocenters. The molecule has 0 aromatic heterocycles. The maximum Gasteiger partial charge on any atom is 0.130 e. The van der Waals surface area contributed by atoms with Crippen molar-refractivity contribution < 1.29 is 9.47 Å². The van der Waals surface area contributed by atoms with Crippen LogP contribution in [0.4, 0.5) is 0 Å². The van der Waals surface area contributed by atoms with Gasteiger partial charge >= 0.3 is 0 Å². The maximum absolute atomic E-state index is 6.08. The van der Waals surface area contributed by atoms with Gasteiger partial charge in [0.1, 0.15) is 24.7 Å². The SMILES string of the molecule is CCC=Cc1ccc(OCc2ccccc2)cc1OCc1ccccc1. The van der Waals surface area contributed by atoms with Gasteiger partial charge in [0.05, 0.1) is 0 Å². The summed E-state index contributed by atoms with van der Waals surface area (Å²) >= 11 is 0. The molecule has 3 aromatic carbocycles. The van der Waals surface area contributed by atoms with Crippen LogP contribution in [-0.2, 0) is 13.2 Å². The van der Waals surface area contributed by atoms with E-state index in [1.165, 1.54) is 0 Å². The van der Waals surface area contributed by atoms with Gasteiger partial charge in [-0.3, -0.25) is 0 Å². The molecule has 0 fully saturated rings. The van der Waals surface area contributed by atoms with E-state index in [0.717, 1.165) is 34.6 Å². The first-order valence-electron chi connectivity index (χ1n) is 8.99. The van der Waals surface area contributed by atoms with Crippen molar-refractivity contribution in [3.63, 3.8) is 0 Å². The van der Waals surface area contributed by atoms with Crippen LogP contribution in [-0.4, -0.2) is 0 Å². The van der Waals surface area contributed by atoms with Crippen LogP contribution >= 0.6 is 0 Å². The van der Waals surface area contributed by atoms with E-state index in [4.69, 9.17) is 9.47 Å². The molecule has 0 bridgehead atoms. The summed E-state index contributed by atoms with van der Waals surface area (Å²) in [6.45, 7) is 3.21. The van der Waals surface area contributed by atoms with Gasteiger partial charge in [-0.15, -0.1) is 0 Å². The Bertz CT molecular complexity index is 823. The summed E-state index contributed by atoms with van der Waals surface area (Å²) in [7, 11) is 0. The fraction of sp³-hybridized carbons (Fsp3) is 0.167. The van der Waals surface area contributed by atoms with Gasteiger partial charge < -0.3 is 9.47 Å². The number of allylic oxidation sites excluding steroid dienone is 1. The van der Waals surface area contributed by atoms with Gasteiger partial charge in [-0.2, -0.15) is 0 Å². The van der Waals surface area contributed by atoms with E-state index in [9.17, 15) is 0 Å². The van der Waals surface area contributed by atoms with Gasteiger partial charge in [-0.05, 0) is 29.7 Å². The monoisotopic (exact) mass is 344 g/mol. The average Bonchev–Trinajstić information content (AvgIpc) is 2.71. The van der Waals surface area contributed by atoms with E-state index in [0.29, 0.717) is 13.2 Å². The molecule has 0 heterocycles. The lowest BCUT2D eigenvalue weighted by molar-refractivity contribution is 0.289. The maximum atomic E-state index is 6.08. The molecule has 3 rings (SSSR count). The largest absolute Gasteiger partial charge is 0.489 e. The fourth-order valence-corrected chi connectivity index (χ4v) is 2.59. The fourth-order valence-electron chi connectivity index (χ4n) is 2.59.